The Labute approximate surface area is 401 Å². The first-order valence-corrected chi connectivity index (χ1v) is 23.4. The van der Waals surface area contributed by atoms with Gasteiger partial charge in [0.15, 0.2) is 0 Å². The van der Waals surface area contributed by atoms with E-state index in [-0.39, 0.29) is 29.9 Å². The van der Waals surface area contributed by atoms with Gasteiger partial charge >= 0.3 is 0 Å². The number of para-hydroxylation sites is 2. The normalized spacial score (nSPS) is 14.4. The molecule has 0 atom stereocenters. The molecule has 0 bridgehead atoms. The second-order valence-corrected chi connectivity index (χ2v) is 18.4. The molecule has 1 spiro atoms. The van der Waals surface area contributed by atoms with E-state index in [9.17, 15) is 0 Å². The number of benzene rings is 12. The van der Waals surface area contributed by atoms with Gasteiger partial charge in [0.2, 0.25) is 0 Å². The molecule has 1 heterocycles. The molecule has 2 nitrogen and oxygen atoms in total. The molecule has 0 aliphatic heterocycles. The number of aromatic nitrogens is 1. The topological polar surface area (TPSA) is 8.17 Å². The molecule has 0 fully saturated rings. The van der Waals surface area contributed by atoms with Crippen LogP contribution in [-0.2, 0) is 11.8 Å². The SMILES string of the molecule is [2H]c1c([2H])c([2H])c(-n2c3ccccc3c3cc(-c4ccc(N(c5ccc6ccccc6c5)c5ccc6c7c(cccc57)C65c6cccc7cccc(c67)Cc6cccc7cccc5c67)cc4)ccc32)c([2H])c1[2H]. The Bertz CT molecular complexity index is 4420. The Morgan fingerprint density at radius 3 is 1.72 bits per heavy atom. The van der Waals surface area contributed by atoms with Gasteiger partial charge in [-0.25, -0.2) is 0 Å². The monoisotopic (exact) mass is 867 g/mol. The lowest BCUT2D eigenvalue weighted by Gasteiger charge is -2.48. The Balaban J connectivity index is 0.907. The van der Waals surface area contributed by atoms with Crippen molar-refractivity contribution in [3.05, 3.63) is 276 Å². The molecule has 0 saturated heterocycles. The molecule has 2 aliphatic carbocycles. The van der Waals surface area contributed by atoms with Crippen LogP contribution in [0.5, 0.6) is 0 Å². The van der Waals surface area contributed by atoms with Crippen LogP contribution in [0.25, 0.3) is 81.7 Å². The van der Waals surface area contributed by atoms with Crippen LogP contribution in [0.2, 0.25) is 0 Å². The van der Waals surface area contributed by atoms with Crippen molar-refractivity contribution in [1.29, 1.82) is 0 Å². The van der Waals surface area contributed by atoms with E-state index >= 15 is 0 Å². The van der Waals surface area contributed by atoms with E-state index in [1.54, 1.807) is 0 Å². The average molecular weight is 868 g/mol. The van der Waals surface area contributed by atoms with Gasteiger partial charge < -0.3 is 9.47 Å². The fourth-order valence-electron chi connectivity index (χ4n) is 12.3. The molecule has 12 aromatic carbocycles. The number of hydrogen-bond donors (Lipinski definition) is 0. The summed E-state index contributed by atoms with van der Waals surface area (Å²) in [4.78, 5) is 2.41. The van der Waals surface area contributed by atoms with E-state index in [4.69, 9.17) is 6.85 Å². The Morgan fingerprint density at radius 2 is 0.971 bits per heavy atom. The summed E-state index contributed by atoms with van der Waals surface area (Å²) in [5, 5.41) is 11.9. The van der Waals surface area contributed by atoms with Crippen molar-refractivity contribution in [3.63, 3.8) is 0 Å². The summed E-state index contributed by atoms with van der Waals surface area (Å²) in [7, 11) is 0. The minimum atomic E-state index is -0.490. The average Bonchev–Trinajstić information content (AvgIpc) is 3.76. The zero-order valence-electron chi connectivity index (χ0n) is 41.8. The molecule has 1 aromatic heterocycles. The molecule has 2 aliphatic rings. The van der Waals surface area contributed by atoms with Crippen molar-refractivity contribution in [3.8, 4) is 16.8 Å². The highest BCUT2D eigenvalue weighted by atomic mass is 15.1. The number of hydrogen-bond acceptors (Lipinski definition) is 1. The van der Waals surface area contributed by atoms with Gasteiger partial charge in [-0.1, -0.05) is 182 Å². The Kier molecular flexibility index (Phi) is 6.83. The van der Waals surface area contributed by atoms with Gasteiger partial charge in [-0.05, 0) is 149 Å². The quantitative estimate of drug-likeness (QED) is 0.167. The van der Waals surface area contributed by atoms with Crippen molar-refractivity contribution in [2.24, 2.45) is 0 Å². The highest BCUT2D eigenvalue weighted by molar-refractivity contribution is 6.13. The minimum absolute atomic E-state index is 0.140. The lowest BCUT2D eigenvalue weighted by molar-refractivity contribution is 0.734. The van der Waals surface area contributed by atoms with Gasteiger partial charge in [0.05, 0.1) is 29.0 Å². The first-order valence-electron chi connectivity index (χ1n) is 25.9. The largest absolute Gasteiger partial charge is 0.310 e. The van der Waals surface area contributed by atoms with E-state index in [0.717, 1.165) is 56.4 Å². The van der Waals surface area contributed by atoms with Crippen molar-refractivity contribution in [1.82, 2.24) is 4.57 Å². The minimum Gasteiger partial charge on any atom is -0.310 e. The molecule has 0 amide bonds. The highest BCUT2D eigenvalue weighted by Crippen LogP contribution is 2.62. The number of fused-ring (bicyclic) bond motifs is 8. The third-order valence-corrected chi connectivity index (χ3v) is 15.1. The summed E-state index contributed by atoms with van der Waals surface area (Å²) in [5.74, 6) is 0. The van der Waals surface area contributed by atoms with Gasteiger partial charge in [-0.15, -0.1) is 0 Å². The van der Waals surface area contributed by atoms with Gasteiger partial charge in [0.1, 0.15) is 0 Å². The van der Waals surface area contributed by atoms with Crippen LogP contribution in [0, 0.1) is 0 Å². The molecule has 316 valence electrons. The van der Waals surface area contributed by atoms with Crippen molar-refractivity contribution >= 4 is 82.0 Å². The van der Waals surface area contributed by atoms with Gasteiger partial charge in [-0.2, -0.15) is 0 Å². The number of rotatable bonds is 5. The van der Waals surface area contributed by atoms with E-state index < -0.39 is 11.5 Å². The van der Waals surface area contributed by atoms with Gasteiger partial charge in [-0.3, -0.25) is 0 Å². The van der Waals surface area contributed by atoms with Gasteiger partial charge in [0, 0.05) is 33.2 Å². The molecular formula is C66H42N2. The first kappa shape index (κ1) is 32.9. The molecule has 0 saturated carbocycles. The lowest BCUT2D eigenvalue weighted by atomic mass is 9.54. The summed E-state index contributed by atoms with van der Waals surface area (Å²) in [6.45, 7) is 0. The second-order valence-electron chi connectivity index (χ2n) is 18.4. The van der Waals surface area contributed by atoms with E-state index in [0.29, 0.717) is 0 Å². The zero-order chi connectivity index (χ0) is 48.9. The predicted octanol–water partition coefficient (Wildman–Crippen LogP) is 17.1. The molecule has 0 N–H and O–H groups in total. The zero-order valence-corrected chi connectivity index (χ0v) is 36.8. The Morgan fingerprint density at radius 1 is 0.397 bits per heavy atom. The van der Waals surface area contributed by atoms with Crippen molar-refractivity contribution < 1.29 is 6.85 Å². The molecule has 2 heteroatoms. The fourth-order valence-corrected chi connectivity index (χ4v) is 12.3. The van der Waals surface area contributed by atoms with Crippen LogP contribution in [0.15, 0.2) is 243 Å². The third kappa shape index (κ3) is 5.12. The van der Waals surface area contributed by atoms with Crippen LogP contribution in [0.3, 0.4) is 0 Å². The molecule has 0 radical (unpaired) electrons. The van der Waals surface area contributed by atoms with Crippen LogP contribution >= 0.6 is 0 Å². The van der Waals surface area contributed by atoms with Crippen molar-refractivity contribution in [2.75, 3.05) is 4.90 Å². The van der Waals surface area contributed by atoms with Crippen LogP contribution < -0.4 is 4.90 Å². The molecule has 68 heavy (non-hydrogen) atoms. The smallest absolute Gasteiger partial charge is 0.0725 e. The fraction of sp³-hybridized carbons (Fsp3) is 0.0303. The third-order valence-electron chi connectivity index (χ3n) is 15.1. The molecule has 0 unspecified atom stereocenters. The highest BCUT2D eigenvalue weighted by Gasteiger charge is 2.50. The van der Waals surface area contributed by atoms with E-state index in [2.05, 4.69) is 187 Å². The maximum Gasteiger partial charge on any atom is 0.0725 e. The van der Waals surface area contributed by atoms with Gasteiger partial charge in [0.25, 0.3) is 0 Å². The summed E-state index contributed by atoms with van der Waals surface area (Å²) in [6.07, 6.45) is 0.874. The van der Waals surface area contributed by atoms with E-state index in [1.165, 1.54) is 76.5 Å². The van der Waals surface area contributed by atoms with Crippen LogP contribution in [-0.4, -0.2) is 4.57 Å². The summed E-state index contributed by atoms with van der Waals surface area (Å²) >= 11 is 0. The van der Waals surface area contributed by atoms with E-state index in [1.807, 2.05) is 34.9 Å². The van der Waals surface area contributed by atoms with Crippen LogP contribution in [0.1, 0.15) is 40.2 Å². The summed E-state index contributed by atoms with van der Waals surface area (Å²) in [6, 6.07) is 75.7. The van der Waals surface area contributed by atoms with Crippen molar-refractivity contribution in [2.45, 2.75) is 11.8 Å². The second kappa shape index (κ2) is 14.1. The first-order chi connectivity index (χ1) is 35.8. The maximum atomic E-state index is 8.87. The predicted molar refractivity (Wildman–Crippen MR) is 286 cm³/mol. The summed E-state index contributed by atoms with van der Waals surface area (Å²) in [5.41, 5.74) is 14.5. The lowest BCUT2D eigenvalue weighted by Crippen LogP contribution is -2.39. The standard InChI is InChI=1S/C66H42N2/c1-2-21-50(22-3-1)68-60-28-7-6-23-53(60)55-41-47(32-37-62(55)68)43-29-33-51(34-30-43)67(52-35-31-42-13-4-5-14-46(42)40-52)61-38-36-59-65-54(61)24-12-27-58(65)66(59)56-25-10-17-44-15-8-19-48(63(44)56)39-49-20-9-16-45-18-11-26-57(66)64(45)49/h1-38,40-41H,39H2/i1D,2D,3D,21D,22D. The molecule has 13 aromatic rings. The maximum absolute atomic E-state index is 8.87. The molecule has 15 rings (SSSR count). The number of anilines is 3. The molecular weight excluding hydrogens is 821 g/mol. The summed E-state index contributed by atoms with van der Waals surface area (Å²) < 4.78 is 44.7. The number of nitrogens with zero attached hydrogens (tertiary/aromatic N) is 2. The Hall–Kier alpha value is -8.72. The van der Waals surface area contributed by atoms with Crippen LogP contribution in [0.4, 0.5) is 17.1 Å².